The van der Waals surface area contributed by atoms with Gasteiger partial charge in [0, 0.05) is 11.8 Å². The number of rotatable bonds is 3. The molecular formula is C15H12ClN3O3. The topological polar surface area (TPSA) is 91.0 Å². The maximum atomic E-state index is 11.8. The standard InChI is InChI=1S/C15H12ClN3O3/c1-22-14-4-8(2-3-13(14)20)10-6-12(19-15(21)18-10)11-5-9(16)7-17-11/h2-7,17,20H,1H3,(H,18,19,21). The van der Waals surface area contributed by atoms with Crippen molar-refractivity contribution in [1.29, 1.82) is 0 Å². The molecule has 6 nitrogen and oxygen atoms in total. The lowest BCUT2D eigenvalue weighted by molar-refractivity contribution is 0.373. The van der Waals surface area contributed by atoms with Crippen molar-refractivity contribution in [2.24, 2.45) is 0 Å². The Bertz CT molecular complexity index is 886. The molecule has 3 aromatic rings. The van der Waals surface area contributed by atoms with Crippen molar-refractivity contribution in [3.8, 4) is 34.1 Å². The molecule has 0 aliphatic heterocycles. The third kappa shape index (κ3) is 2.68. The average molecular weight is 318 g/mol. The zero-order chi connectivity index (χ0) is 15.7. The van der Waals surface area contributed by atoms with Crippen LogP contribution >= 0.6 is 11.6 Å². The minimum absolute atomic E-state index is 0.0208. The summed E-state index contributed by atoms with van der Waals surface area (Å²) in [5, 5.41) is 10.2. The lowest BCUT2D eigenvalue weighted by atomic mass is 10.1. The molecule has 0 saturated carbocycles. The fraction of sp³-hybridized carbons (Fsp3) is 0.0667. The summed E-state index contributed by atoms with van der Waals surface area (Å²) in [6, 6.07) is 8.18. The van der Waals surface area contributed by atoms with Crippen molar-refractivity contribution in [2.75, 3.05) is 7.11 Å². The smallest absolute Gasteiger partial charge is 0.346 e. The van der Waals surface area contributed by atoms with Gasteiger partial charge in [-0.2, -0.15) is 4.98 Å². The second-order valence-electron chi connectivity index (χ2n) is 4.60. The van der Waals surface area contributed by atoms with Crippen LogP contribution in [0.15, 0.2) is 41.3 Å². The average Bonchev–Trinajstić information content (AvgIpc) is 2.94. The van der Waals surface area contributed by atoms with Crippen LogP contribution in [0.2, 0.25) is 5.02 Å². The number of aromatic nitrogens is 3. The summed E-state index contributed by atoms with van der Waals surface area (Å²) in [5.74, 6) is 0.330. The molecule has 3 N–H and O–H groups in total. The van der Waals surface area contributed by atoms with Crippen molar-refractivity contribution in [2.45, 2.75) is 0 Å². The number of nitrogens with zero attached hydrogens (tertiary/aromatic N) is 1. The fourth-order valence-electron chi connectivity index (χ4n) is 2.11. The normalized spacial score (nSPS) is 10.6. The Kier molecular flexibility index (Phi) is 3.60. The monoisotopic (exact) mass is 317 g/mol. The van der Waals surface area contributed by atoms with Crippen LogP contribution in [0.5, 0.6) is 11.5 Å². The number of H-pyrrole nitrogens is 2. The minimum Gasteiger partial charge on any atom is -0.504 e. The number of aromatic amines is 2. The van der Waals surface area contributed by atoms with Crippen molar-refractivity contribution in [3.63, 3.8) is 0 Å². The molecule has 0 aliphatic carbocycles. The number of ether oxygens (including phenoxy) is 1. The highest BCUT2D eigenvalue weighted by molar-refractivity contribution is 6.30. The molecule has 0 saturated heterocycles. The number of phenolic OH excluding ortho intramolecular Hbond substituents is 1. The number of halogens is 1. The summed E-state index contributed by atoms with van der Waals surface area (Å²) in [5.41, 5.74) is 1.87. The highest BCUT2D eigenvalue weighted by Gasteiger charge is 2.10. The van der Waals surface area contributed by atoms with Crippen LogP contribution in [-0.4, -0.2) is 27.2 Å². The quantitative estimate of drug-likeness (QED) is 0.692. The summed E-state index contributed by atoms with van der Waals surface area (Å²) in [6.45, 7) is 0. The van der Waals surface area contributed by atoms with Gasteiger partial charge < -0.3 is 19.8 Å². The Hall–Kier alpha value is -2.73. The third-order valence-corrected chi connectivity index (χ3v) is 3.38. The van der Waals surface area contributed by atoms with Gasteiger partial charge in [-0.15, -0.1) is 0 Å². The Morgan fingerprint density at radius 3 is 2.73 bits per heavy atom. The zero-order valence-corrected chi connectivity index (χ0v) is 12.3. The number of aromatic hydroxyl groups is 1. The first-order chi connectivity index (χ1) is 10.6. The second-order valence-corrected chi connectivity index (χ2v) is 5.04. The van der Waals surface area contributed by atoms with E-state index in [1.807, 2.05) is 0 Å². The third-order valence-electron chi connectivity index (χ3n) is 3.16. The first-order valence-corrected chi connectivity index (χ1v) is 6.77. The van der Waals surface area contributed by atoms with Gasteiger partial charge in [0.05, 0.1) is 29.2 Å². The van der Waals surface area contributed by atoms with Gasteiger partial charge in [0.2, 0.25) is 0 Å². The van der Waals surface area contributed by atoms with Crippen molar-refractivity contribution in [1.82, 2.24) is 15.0 Å². The molecule has 0 aliphatic rings. The molecule has 0 radical (unpaired) electrons. The van der Waals surface area contributed by atoms with Gasteiger partial charge in [-0.05, 0) is 30.3 Å². The van der Waals surface area contributed by atoms with Crippen LogP contribution in [0.3, 0.4) is 0 Å². The SMILES string of the molecule is COc1cc(-c2cc(-c3cc(Cl)c[nH]3)[nH]c(=O)n2)ccc1O. The molecule has 2 heterocycles. The maximum Gasteiger partial charge on any atom is 0.346 e. The van der Waals surface area contributed by atoms with Gasteiger partial charge in [0.15, 0.2) is 11.5 Å². The number of methoxy groups -OCH3 is 1. The van der Waals surface area contributed by atoms with E-state index in [0.29, 0.717) is 33.4 Å². The molecule has 0 atom stereocenters. The highest BCUT2D eigenvalue weighted by atomic mass is 35.5. The molecule has 22 heavy (non-hydrogen) atoms. The van der Waals surface area contributed by atoms with Gasteiger partial charge in [0.1, 0.15) is 0 Å². The Balaban J connectivity index is 2.12. The first-order valence-electron chi connectivity index (χ1n) is 6.40. The zero-order valence-electron chi connectivity index (χ0n) is 11.6. The lowest BCUT2D eigenvalue weighted by Crippen LogP contribution is -2.12. The van der Waals surface area contributed by atoms with E-state index in [9.17, 15) is 9.90 Å². The second kappa shape index (κ2) is 5.57. The summed E-state index contributed by atoms with van der Waals surface area (Å²) < 4.78 is 5.07. The van der Waals surface area contributed by atoms with Crippen molar-refractivity contribution < 1.29 is 9.84 Å². The molecule has 0 fully saturated rings. The molecule has 0 spiro atoms. The number of hydrogen-bond acceptors (Lipinski definition) is 4. The molecule has 0 amide bonds. The number of hydrogen-bond donors (Lipinski definition) is 3. The molecule has 112 valence electrons. The Labute approximate surface area is 130 Å². The maximum absolute atomic E-state index is 11.8. The molecule has 1 aromatic carbocycles. The van der Waals surface area contributed by atoms with E-state index in [1.165, 1.54) is 13.2 Å². The van der Waals surface area contributed by atoms with Crippen LogP contribution in [0.25, 0.3) is 22.6 Å². The van der Waals surface area contributed by atoms with E-state index in [4.69, 9.17) is 16.3 Å². The van der Waals surface area contributed by atoms with Crippen molar-refractivity contribution >= 4 is 11.6 Å². The number of benzene rings is 1. The van der Waals surface area contributed by atoms with Crippen molar-refractivity contribution in [3.05, 3.63) is 52.0 Å². The summed E-state index contributed by atoms with van der Waals surface area (Å²) in [6.07, 6.45) is 1.62. The predicted molar refractivity (Wildman–Crippen MR) is 83.3 cm³/mol. The summed E-state index contributed by atoms with van der Waals surface area (Å²) in [7, 11) is 1.45. The molecule has 0 unspecified atom stereocenters. The predicted octanol–water partition coefficient (Wildman–Crippen LogP) is 2.80. The van der Waals surface area contributed by atoms with Crippen LogP contribution in [0.4, 0.5) is 0 Å². The van der Waals surface area contributed by atoms with E-state index in [1.54, 1.807) is 30.5 Å². The molecule has 3 rings (SSSR count). The fourth-order valence-corrected chi connectivity index (χ4v) is 2.27. The van der Waals surface area contributed by atoms with Gasteiger partial charge in [-0.25, -0.2) is 4.79 Å². The largest absolute Gasteiger partial charge is 0.504 e. The van der Waals surface area contributed by atoms with Crippen LogP contribution < -0.4 is 10.4 Å². The molecule has 7 heteroatoms. The molecule has 0 bridgehead atoms. The van der Waals surface area contributed by atoms with E-state index in [2.05, 4.69) is 15.0 Å². The van der Waals surface area contributed by atoms with Crippen LogP contribution in [0, 0.1) is 0 Å². The lowest BCUT2D eigenvalue weighted by Gasteiger charge is -2.07. The first kappa shape index (κ1) is 14.2. The molecule has 2 aromatic heterocycles. The number of nitrogens with one attached hydrogen (secondary N) is 2. The van der Waals surface area contributed by atoms with Crippen LogP contribution in [-0.2, 0) is 0 Å². The minimum atomic E-state index is -0.481. The van der Waals surface area contributed by atoms with Crippen LogP contribution in [0.1, 0.15) is 0 Å². The van der Waals surface area contributed by atoms with Gasteiger partial charge >= 0.3 is 5.69 Å². The van der Waals surface area contributed by atoms with E-state index < -0.39 is 5.69 Å². The summed E-state index contributed by atoms with van der Waals surface area (Å²) >= 11 is 5.88. The van der Waals surface area contributed by atoms with Gasteiger partial charge in [-0.1, -0.05) is 11.6 Å². The summed E-state index contributed by atoms with van der Waals surface area (Å²) in [4.78, 5) is 21.4. The van der Waals surface area contributed by atoms with E-state index in [0.717, 1.165) is 0 Å². The molecular weight excluding hydrogens is 306 g/mol. The Morgan fingerprint density at radius 2 is 2.05 bits per heavy atom. The van der Waals surface area contributed by atoms with Gasteiger partial charge in [-0.3, -0.25) is 0 Å². The number of phenols is 1. The highest BCUT2D eigenvalue weighted by Crippen LogP contribution is 2.31. The Morgan fingerprint density at radius 1 is 1.23 bits per heavy atom. The van der Waals surface area contributed by atoms with E-state index in [-0.39, 0.29) is 5.75 Å². The van der Waals surface area contributed by atoms with E-state index >= 15 is 0 Å². The van der Waals surface area contributed by atoms with Gasteiger partial charge in [0.25, 0.3) is 0 Å².